The molecule has 0 saturated carbocycles. The van der Waals surface area contributed by atoms with Gasteiger partial charge in [-0.2, -0.15) is 13.2 Å². The number of amides is 1. The van der Waals surface area contributed by atoms with E-state index in [0.717, 1.165) is 5.56 Å². The van der Waals surface area contributed by atoms with E-state index in [1.54, 1.807) is 0 Å². The second kappa shape index (κ2) is 8.16. The van der Waals surface area contributed by atoms with Gasteiger partial charge >= 0.3 is 6.18 Å². The van der Waals surface area contributed by atoms with Crippen molar-refractivity contribution >= 4 is 17.7 Å². The van der Waals surface area contributed by atoms with Gasteiger partial charge in [0.15, 0.2) is 0 Å². The zero-order chi connectivity index (χ0) is 15.0. The maximum Gasteiger partial charge on any atom is 0.406 e. The van der Waals surface area contributed by atoms with Gasteiger partial charge in [0.2, 0.25) is 5.91 Å². The number of thioether (sulfide) groups is 1. The molecule has 1 rings (SSSR count). The molecule has 1 aromatic rings. The van der Waals surface area contributed by atoms with Crippen LogP contribution in [-0.4, -0.2) is 47.5 Å². The van der Waals surface area contributed by atoms with Crippen LogP contribution in [0.4, 0.5) is 13.2 Å². The molecule has 3 nitrogen and oxygen atoms in total. The predicted octanol–water partition coefficient (Wildman–Crippen LogP) is 2.30. The van der Waals surface area contributed by atoms with Gasteiger partial charge in [0, 0.05) is 12.3 Å². The van der Waals surface area contributed by atoms with Crippen molar-refractivity contribution in [2.45, 2.75) is 11.9 Å². The average molecular weight is 307 g/mol. The molecule has 112 valence electrons. The van der Waals surface area contributed by atoms with Crippen LogP contribution in [0.3, 0.4) is 0 Å². The molecule has 0 radical (unpaired) electrons. The number of hydrogen-bond donors (Lipinski definition) is 1. The van der Waals surface area contributed by atoms with Crippen molar-refractivity contribution < 1.29 is 23.1 Å². The highest BCUT2D eigenvalue weighted by Crippen LogP contribution is 2.18. The Bertz CT molecular complexity index is 412. The monoisotopic (exact) mass is 307 g/mol. The molecule has 1 amide bonds. The molecule has 20 heavy (non-hydrogen) atoms. The number of aliphatic hydroxyl groups excluding tert-OH is 1. The van der Waals surface area contributed by atoms with Crippen LogP contribution in [0.15, 0.2) is 30.3 Å². The normalized spacial score (nSPS) is 11.4. The summed E-state index contributed by atoms with van der Waals surface area (Å²) in [5, 5.41) is 8.72. The lowest BCUT2D eigenvalue weighted by molar-refractivity contribution is -0.160. The highest BCUT2D eigenvalue weighted by atomic mass is 32.2. The molecule has 1 aromatic carbocycles. The Labute approximate surface area is 119 Å². The van der Waals surface area contributed by atoms with Crippen molar-refractivity contribution in [3.8, 4) is 0 Å². The average Bonchev–Trinajstić information content (AvgIpc) is 2.38. The van der Waals surface area contributed by atoms with Crippen LogP contribution in [0.25, 0.3) is 0 Å². The van der Waals surface area contributed by atoms with Crippen molar-refractivity contribution in [1.29, 1.82) is 0 Å². The minimum absolute atomic E-state index is 0.0367. The number of halogens is 3. The molecule has 0 aromatic heterocycles. The second-order valence-electron chi connectivity index (χ2n) is 4.13. The predicted molar refractivity (Wildman–Crippen MR) is 72.3 cm³/mol. The summed E-state index contributed by atoms with van der Waals surface area (Å²) in [6, 6.07) is 9.36. The lowest BCUT2D eigenvalue weighted by Gasteiger charge is -2.22. The van der Waals surface area contributed by atoms with E-state index in [1.807, 2.05) is 30.3 Å². The first-order chi connectivity index (χ1) is 9.42. The van der Waals surface area contributed by atoms with E-state index in [-0.39, 0.29) is 12.3 Å². The van der Waals surface area contributed by atoms with Gasteiger partial charge in [-0.25, -0.2) is 0 Å². The SMILES string of the molecule is O=C(CSCc1ccccc1)N(CCO)CC(F)(F)F. The van der Waals surface area contributed by atoms with Gasteiger partial charge in [-0.15, -0.1) is 11.8 Å². The van der Waals surface area contributed by atoms with Crippen molar-refractivity contribution in [3.63, 3.8) is 0 Å². The summed E-state index contributed by atoms with van der Waals surface area (Å²) in [6.07, 6.45) is -4.45. The Kier molecular flexibility index (Phi) is 6.87. The maximum atomic E-state index is 12.3. The van der Waals surface area contributed by atoms with Crippen molar-refractivity contribution in [3.05, 3.63) is 35.9 Å². The van der Waals surface area contributed by atoms with Crippen LogP contribution in [0.2, 0.25) is 0 Å². The molecular formula is C13H16F3NO2S. The molecule has 7 heteroatoms. The van der Waals surface area contributed by atoms with Crippen molar-refractivity contribution in [1.82, 2.24) is 4.90 Å². The van der Waals surface area contributed by atoms with Gasteiger partial charge in [0.05, 0.1) is 12.4 Å². The zero-order valence-electron chi connectivity index (χ0n) is 10.8. The Morgan fingerprint density at radius 3 is 2.45 bits per heavy atom. The van der Waals surface area contributed by atoms with Gasteiger partial charge in [0.25, 0.3) is 0 Å². The Balaban J connectivity index is 2.42. The molecule has 0 saturated heterocycles. The molecule has 0 fully saturated rings. The number of carbonyl (C=O) groups is 1. The number of alkyl halides is 3. The van der Waals surface area contributed by atoms with Crippen molar-refractivity contribution in [2.24, 2.45) is 0 Å². The summed E-state index contributed by atoms with van der Waals surface area (Å²) in [4.78, 5) is 12.3. The van der Waals surface area contributed by atoms with E-state index < -0.39 is 25.2 Å². The third kappa shape index (κ3) is 6.81. The second-order valence-corrected chi connectivity index (χ2v) is 5.12. The number of benzene rings is 1. The molecule has 0 atom stereocenters. The van der Waals surface area contributed by atoms with Gasteiger partial charge in [-0.1, -0.05) is 30.3 Å². The molecule has 0 aliphatic rings. The number of aliphatic hydroxyl groups is 1. The summed E-state index contributed by atoms with van der Waals surface area (Å²) >= 11 is 1.25. The van der Waals surface area contributed by atoms with E-state index in [2.05, 4.69) is 0 Å². The summed E-state index contributed by atoms with van der Waals surface area (Å²) in [5.41, 5.74) is 1.01. The molecule has 0 aliphatic heterocycles. The fourth-order valence-electron chi connectivity index (χ4n) is 1.55. The first-order valence-corrected chi connectivity index (χ1v) is 7.15. The maximum absolute atomic E-state index is 12.3. The topological polar surface area (TPSA) is 40.5 Å². The molecule has 0 heterocycles. The molecule has 0 spiro atoms. The van der Waals surface area contributed by atoms with E-state index in [0.29, 0.717) is 10.7 Å². The van der Waals surface area contributed by atoms with E-state index >= 15 is 0 Å². The standard InChI is InChI=1S/C13H16F3NO2S/c14-13(15,16)10-17(6-7-18)12(19)9-20-8-11-4-2-1-3-5-11/h1-5,18H,6-10H2. The van der Waals surface area contributed by atoms with Crippen LogP contribution in [-0.2, 0) is 10.5 Å². The van der Waals surface area contributed by atoms with Gasteiger partial charge in [-0.05, 0) is 5.56 Å². The minimum Gasteiger partial charge on any atom is -0.395 e. The lowest BCUT2D eigenvalue weighted by atomic mass is 10.2. The summed E-state index contributed by atoms with van der Waals surface area (Å²) < 4.78 is 36.9. The lowest BCUT2D eigenvalue weighted by Crippen LogP contribution is -2.41. The third-order valence-corrected chi connectivity index (χ3v) is 3.42. The fraction of sp³-hybridized carbons (Fsp3) is 0.462. The van der Waals surface area contributed by atoms with Crippen molar-refractivity contribution in [2.75, 3.05) is 25.4 Å². The van der Waals surface area contributed by atoms with E-state index in [4.69, 9.17) is 5.11 Å². The molecule has 0 aliphatic carbocycles. The molecule has 0 unspecified atom stereocenters. The first-order valence-electron chi connectivity index (χ1n) is 5.99. The summed E-state index contributed by atoms with van der Waals surface area (Å²) in [7, 11) is 0. The largest absolute Gasteiger partial charge is 0.406 e. The molecular weight excluding hydrogens is 291 g/mol. The fourth-order valence-corrected chi connectivity index (χ4v) is 2.44. The van der Waals surface area contributed by atoms with E-state index in [9.17, 15) is 18.0 Å². The number of nitrogens with zero attached hydrogens (tertiary/aromatic N) is 1. The van der Waals surface area contributed by atoms with Crippen LogP contribution in [0.1, 0.15) is 5.56 Å². The van der Waals surface area contributed by atoms with Crippen LogP contribution in [0.5, 0.6) is 0 Å². The quantitative estimate of drug-likeness (QED) is 0.840. The van der Waals surface area contributed by atoms with Gasteiger partial charge < -0.3 is 10.0 Å². The minimum atomic E-state index is -4.45. The van der Waals surface area contributed by atoms with Crippen LogP contribution in [0, 0.1) is 0 Å². The summed E-state index contributed by atoms with van der Waals surface area (Å²) in [6.45, 7) is -2.10. The van der Waals surface area contributed by atoms with Crippen LogP contribution < -0.4 is 0 Å². The number of carbonyl (C=O) groups excluding carboxylic acids is 1. The molecule has 0 bridgehead atoms. The third-order valence-electron chi connectivity index (χ3n) is 2.43. The smallest absolute Gasteiger partial charge is 0.395 e. The molecule has 1 N–H and O–H groups in total. The van der Waals surface area contributed by atoms with Crippen LogP contribution >= 0.6 is 11.8 Å². The van der Waals surface area contributed by atoms with Gasteiger partial charge in [-0.3, -0.25) is 4.79 Å². The highest BCUT2D eigenvalue weighted by Gasteiger charge is 2.32. The number of rotatable bonds is 7. The Morgan fingerprint density at radius 2 is 1.90 bits per heavy atom. The number of hydrogen-bond acceptors (Lipinski definition) is 3. The van der Waals surface area contributed by atoms with Gasteiger partial charge in [0.1, 0.15) is 6.54 Å². The Hall–Kier alpha value is -1.21. The zero-order valence-corrected chi connectivity index (χ0v) is 11.6. The summed E-state index contributed by atoms with van der Waals surface area (Å²) in [5.74, 6) is -0.0893. The highest BCUT2D eigenvalue weighted by molar-refractivity contribution is 7.99. The Morgan fingerprint density at radius 1 is 1.25 bits per heavy atom. The van der Waals surface area contributed by atoms with E-state index in [1.165, 1.54) is 11.8 Å². The first kappa shape index (κ1) is 16.8.